The Morgan fingerprint density at radius 2 is 2.04 bits per heavy atom. The number of ether oxygens (including phenoxy) is 1. The largest absolute Gasteiger partial charge is 0.376 e. The summed E-state index contributed by atoms with van der Waals surface area (Å²) in [4.78, 5) is 14.9. The molecule has 1 saturated heterocycles. The van der Waals surface area contributed by atoms with E-state index in [1.165, 1.54) is 17.7 Å². The molecule has 1 amide bonds. The lowest BCUT2D eigenvalue weighted by atomic mass is 9.94. The summed E-state index contributed by atoms with van der Waals surface area (Å²) >= 11 is 0. The predicted molar refractivity (Wildman–Crippen MR) is 98.2 cm³/mol. The lowest BCUT2D eigenvalue weighted by Gasteiger charge is -2.36. The van der Waals surface area contributed by atoms with Gasteiger partial charge in [-0.2, -0.15) is 5.10 Å². The first kappa shape index (κ1) is 18.4. The highest BCUT2D eigenvalue weighted by molar-refractivity contribution is 5.77. The predicted octanol–water partition coefficient (Wildman–Crippen LogP) is 3.71. The van der Waals surface area contributed by atoms with Gasteiger partial charge in [0.15, 0.2) is 0 Å². The lowest BCUT2D eigenvalue weighted by Crippen LogP contribution is -2.39. The summed E-state index contributed by atoms with van der Waals surface area (Å²) in [5.74, 6) is 1.24. The number of piperidine rings is 1. The summed E-state index contributed by atoms with van der Waals surface area (Å²) in [5, 5.41) is 5.01. The van der Waals surface area contributed by atoms with E-state index in [1.807, 2.05) is 0 Å². The first-order valence-corrected chi connectivity index (χ1v) is 9.93. The van der Waals surface area contributed by atoms with Crippen molar-refractivity contribution in [3.05, 3.63) is 17.0 Å². The van der Waals surface area contributed by atoms with Crippen molar-refractivity contribution in [2.75, 3.05) is 13.2 Å². The van der Waals surface area contributed by atoms with E-state index in [2.05, 4.69) is 37.3 Å². The Labute approximate surface area is 151 Å². The van der Waals surface area contributed by atoms with Crippen molar-refractivity contribution in [1.29, 1.82) is 0 Å². The van der Waals surface area contributed by atoms with E-state index in [1.54, 1.807) is 0 Å². The van der Waals surface area contributed by atoms with Crippen LogP contribution in [0.25, 0.3) is 0 Å². The van der Waals surface area contributed by atoms with Crippen LogP contribution in [-0.2, 0) is 29.1 Å². The molecule has 3 rings (SSSR count). The molecule has 0 spiro atoms. The molecule has 25 heavy (non-hydrogen) atoms. The van der Waals surface area contributed by atoms with E-state index in [-0.39, 0.29) is 11.9 Å². The number of likely N-dealkylation sites (tertiary alicyclic amines) is 1. The van der Waals surface area contributed by atoms with Crippen LogP contribution in [0.1, 0.15) is 76.4 Å². The van der Waals surface area contributed by atoms with Crippen molar-refractivity contribution >= 4 is 5.91 Å². The normalized spacial score (nSPS) is 21.0. The first-order valence-electron chi connectivity index (χ1n) is 9.93. The van der Waals surface area contributed by atoms with Gasteiger partial charge >= 0.3 is 0 Å². The second-order valence-electron chi connectivity index (χ2n) is 8.39. The molecule has 2 aliphatic rings. The molecule has 0 aliphatic carbocycles. The molecule has 0 bridgehead atoms. The molecule has 1 unspecified atom stereocenters. The van der Waals surface area contributed by atoms with Gasteiger partial charge in [0.25, 0.3) is 0 Å². The molecular formula is C20H33N3O2. The van der Waals surface area contributed by atoms with Crippen molar-refractivity contribution in [1.82, 2.24) is 14.7 Å². The SMILES string of the molecule is CC(C)CC(=O)N1CCCCC1c1nn(CC(C)C)c2c1COCC2. The summed E-state index contributed by atoms with van der Waals surface area (Å²) in [6.07, 6.45) is 4.85. The van der Waals surface area contributed by atoms with Crippen molar-refractivity contribution in [2.24, 2.45) is 11.8 Å². The Morgan fingerprint density at radius 1 is 1.24 bits per heavy atom. The number of aromatic nitrogens is 2. The highest BCUT2D eigenvalue weighted by Gasteiger charge is 2.34. The Hall–Kier alpha value is -1.36. The standard InChI is InChI=1S/C20H33N3O2/c1-14(2)11-19(24)22-9-6-5-7-18(22)20-16-13-25-10-8-17(16)23(21-20)12-15(3)4/h14-15,18H,5-13H2,1-4H3. The minimum Gasteiger partial charge on any atom is -0.376 e. The van der Waals surface area contributed by atoms with Crippen LogP contribution in [0.3, 0.4) is 0 Å². The van der Waals surface area contributed by atoms with Crippen LogP contribution >= 0.6 is 0 Å². The van der Waals surface area contributed by atoms with E-state index in [9.17, 15) is 4.79 Å². The molecule has 0 aromatic carbocycles. The average Bonchev–Trinajstić information content (AvgIpc) is 2.92. The fourth-order valence-electron chi connectivity index (χ4n) is 4.08. The Kier molecular flexibility index (Phi) is 5.82. The van der Waals surface area contributed by atoms with Crippen molar-refractivity contribution in [2.45, 2.75) is 79.0 Å². The summed E-state index contributed by atoms with van der Waals surface area (Å²) in [6.45, 7) is 11.9. The maximum Gasteiger partial charge on any atom is 0.223 e. The van der Waals surface area contributed by atoms with E-state index in [4.69, 9.17) is 9.84 Å². The van der Waals surface area contributed by atoms with Gasteiger partial charge in [-0.1, -0.05) is 27.7 Å². The number of hydrogen-bond donors (Lipinski definition) is 0. The minimum absolute atomic E-state index is 0.129. The highest BCUT2D eigenvalue weighted by Crippen LogP contribution is 2.35. The number of rotatable bonds is 5. The quantitative estimate of drug-likeness (QED) is 0.816. The first-order chi connectivity index (χ1) is 12.0. The van der Waals surface area contributed by atoms with E-state index in [0.717, 1.165) is 44.7 Å². The van der Waals surface area contributed by atoms with Gasteiger partial charge < -0.3 is 9.64 Å². The second-order valence-corrected chi connectivity index (χ2v) is 8.39. The molecule has 140 valence electrons. The van der Waals surface area contributed by atoms with Gasteiger partial charge in [-0.05, 0) is 31.1 Å². The maximum atomic E-state index is 12.8. The monoisotopic (exact) mass is 347 g/mol. The average molecular weight is 348 g/mol. The third kappa shape index (κ3) is 4.08. The number of carbonyl (C=O) groups is 1. The molecule has 1 aromatic heterocycles. The Bertz CT molecular complexity index is 606. The summed E-state index contributed by atoms with van der Waals surface area (Å²) in [6, 6.07) is 0.129. The molecule has 5 nitrogen and oxygen atoms in total. The number of carbonyl (C=O) groups excluding carboxylic acids is 1. The van der Waals surface area contributed by atoms with Gasteiger partial charge in [-0.3, -0.25) is 9.48 Å². The number of amides is 1. The summed E-state index contributed by atoms with van der Waals surface area (Å²) in [7, 11) is 0. The van der Waals surface area contributed by atoms with Crippen molar-refractivity contribution in [3.8, 4) is 0 Å². The van der Waals surface area contributed by atoms with E-state index < -0.39 is 0 Å². The number of nitrogens with zero attached hydrogens (tertiary/aromatic N) is 3. The van der Waals surface area contributed by atoms with Gasteiger partial charge in [0, 0.05) is 37.2 Å². The molecule has 1 atom stereocenters. The third-order valence-corrected chi connectivity index (χ3v) is 5.19. The topological polar surface area (TPSA) is 47.4 Å². The lowest BCUT2D eigenvalue weighted by molar-refractivity contribution is -0.136. The molecule has 1 aromatic rings. The van der Waals surface area contributed by atoms with Crippen LogP contribution in [0, 0.1) is 11.8 Å². The highest BCUT2D eigenvalue weighted by atomic mass is 16.5. The van der Waals surface area contributed by atoms with Crippen LogP contribution in [0.2, 0.25) is 0 Å². The van der Waals surface area contributed by atoms with E-state index in [0.29, 0.717) is 24.9 Å². The maximum absolute atomic E-state index is 12.8. The molecule has 3 heterocycles. The van der Waals surface area contributed by atoms with Crippen LogP contribution in [0.5, 0.6) is 0 Å². The Balaban J connectivity index is 1.92. The van der Waals surface area contributed by atoms with Crippen LogP contribution in [0.4, 0.5) is 0 Å². The van der Waals surface area contributed by atoms with Crippen LogP contribution < -0.4 is 0 Å². The van der Waals surface area contributed by atoms with Crippen molar-refractivity contribution < 1.29 is 9.53 Å². The molecular weight excluding hydrogens is 314 g/mol. The van der Waals surface area contributed by atoms with Gasteiger partial charge in [0.2, 0.25) is 5.91 Å². The van der Waals surface area contributed by atoms with Crippen LogP contribution in [0.15, 0.2) is 0 Å². The molecule has 0 saturated carbocycles. The molecule has 1 fully saturated rings. The second kappa shape index (κ2) is 7.90. The zero-order valence-electron chi connectivity index (χ0n) is 16.3. The zero-order chi connectivity index (χ0) is 18.0. The molecule has 5 heteroatoms. The van der Waals surface area contributed by atoms with Gasteiger partial charge in [0.1, 0.15) is 0 Å². The number of fused-ring (bicyclic) bond motifs is 1. The number of hydrogen-bond acceptors (Lipinski definition) is 3. The minimum atomic E-state index is 0.129. The Morgan fingerprint density at radius 3 is 2.76 bits per heavy atom. The van der Waals surface area contributed by atoms with Crippen molar-refractivity contribution in [3.63, 3.8) is 0 Å². The van der Waals surface area contributed by atoms with E-state index >= 15 is 0 Å². The molecule has 0 N–H and O–H groups in total. The fourth-order valence-corrected chi connectivity index (χ4v) is 4.08. The zero-order valence-corrected chi connectivity index (χ0v) is 16.3. The summed E-state index contributed by atoms with van der Waals surface area (Å²) < 4.78 is 7.94. The van der Waals surface area contributed by atoms with Crippen LogP contribution in [-0.4, -0.2) is 33.7 Å². The third-order valence-electron chi connectivity index (χ3n) is 5.19. The summed E-state index contributed by atoms with van der Waals surface area (Å²) in [5.41, 5.74) is 3.69. The molecule has 2 aliphatic heterocycles. The van der Waals surface area contributed by atoms with Gasteiger partial charge in [0.05, 0.1) is 24.9 Å². The van der Waals surface area contributed by atoms with Gasteiger partial charge in [-0.15, -0.1) is 0 Å². The smallest absolute Gasteiger partial charge is 0.223 e. The molecule has 0 radical (unpaired) electrons. The van der Waals surface area contributed by atoms with Gasteiger partial charge in [-0.25, -0.2) is 0 Å². The fraction of sp³-hybridized carbons (Fsp3) is 0.800.